The van der Waals surface area contributed by atoms with Gasteiger partial charge < -0.3 is 14.8 Å². The first-order valence-corrected chi connectivity index (χ1v) is 9.38. The lowest BCUT2D eigenvalue weighted by Gasteiger charge is -2.22. The third-order valence-corrected chi connectivity index (χ3v) is 4.78. The Balaban J connectivity index is 1.47. The maximum absolute atomic E-state index is 12.3. The molecule has 1 aliphatic rings. The lowest BCUT2D eigenvalue weighted by atomic mass is 9.91. The summed E-state index contributed by atoms with van der Waals surface area (Å²) < 4.78 is 11.7. The van der Waals surface area contributed by atoms with E-state index >= 15 is 0 Å². The molecule has 0 fully saturated rings. The van der Waals surface area contributed by atoms with Crippen LogP contribution in [0.2, 0.25) is 0 Å². The minimum Gasteiger partial charge on any atom is -0.491 e. The summed E-state index contributed by atoms with van der Waals surface area (Å²) in [6.45, 7) is 4.68. The van der Waals surface area contributed by atoms with Crippen LogP contribution in [0.1, 0.15) is 36.5 Å². The Hall–Kier alpha value is -2.49. The van der Waals surface area contributed by atoms with Crippen LogP contribution in [0.3, 0.4) is 0 Å². The summed E-state index contributed by atoms with van der Waals surface area (Å²) in [5.41, 5.74) is 3.71. The van der Waals surface area contributed by atoms with Crippen LogP contribution in [0.25, 0.3) is 0 Å². The highest BCUT2D eigenvalue weighted by molar-refractivity contribution is 5.80. The second-order valence-corrected chi connectivity index (χ2v) is 6.77. The zero-order valence-corrected chi connectivity index (χ0v) is 15.6. The first-order chi connectivity index (χ1) is 12.6. The van der Waals surface area contributed by atoms with E-state index in [9.17, 15) is 4.79 Å². The summed E-state index contributed by atoms with van der Waals surface area (Å²) in [7, 11) is 0. The predicted octanol–water partition coefficient (Wildman–Crippen LogP) is 3.84. The van der Waals surface area contributed by atoms with Crippen molar-refractivity contribution in [1.29, 1.82) is 0 Å². The van der Waals surface area contributed by atoms with Crippen LogP contribution in [0.5, 0.6) is 11.5 Å². The van der Waals surface area contributed by atoms with Crippen molar-refractivity contribution in [3.63, 3.8) is 0 Å². The number of carbonyl (C=O) groups is 1. The molecule has 26 heavy (non-hydrogen) atoms. The number of amides is 1. The highest BCUT2D eigenvalue weighted by Gasteiger charge is 2.19. The van der Waals surface area contributed by atoms with E-state index in [1.54, 1.807) is 6.92 Å². The standard InChI is InChI=1S/C22H27NO3/c1-16-8-3-6-12-20(16)25-15-14-23-22(24)17(2)26-21-13-7-10-18-9-4-5-11-19(18)21/h3,6-8,10,12-13,17H,4-5,9,11,14-15H2,1-2H3,(H,23,24)/t17-/m0/s1. The van der Waals surface area contributed by atoms with Gasteiger partial charge in [0, 0.05) is 0 Å². The molecule has 1 N–H and O–H groups in total. The molecule has 4 nitrogen and oxygen atoms in total. The van der Waals surface area contributed by atoms with Crippen molar-refractivity contribution in [2.75, 3.05) is 13.2 Å². The van der Waals surface area contributed by atoms with Gasteiger partial charge in [-0.2, -0.15) is 0 Å². The van der Waals surface area contributed by atoms with Crippen LogP contribution in [-0.2, 0) is 17.6 Å². The van der Waals surface area contributed by atoms with Gasteiger partial charge in [-0.05, 0) is 68.4 Å². The Bertz CT molecular complexity index is 757. The second-order valence-electron chi connectivity index (χ2n) is 6.77. The number of fused-ring (bicyclic) bond motifs is 1. The van der Waals surface area contributed by atoms with Crippen LogP contribution >= 0.6 is 0 Å². The van der Waals surface area contributed by atoms with Crippen LogP contribution in [0.4, 0.5) is 0 Å². The molecule has 2 aromatic rings. The zero-order valence-electron chi connectivity index (χ0n) is 15.6. The van der Waals surface area contributed by atoms with Crippen molar-refractivity contribution < 1.29 is 14.3 Å². The molecule has 0 spiro atoms. The smallest absolute Gasteiger partial charge is 0.260 e. The molecule has 0 aromatic heterocycles. The average molecular weight is 353 g/mol. The number of aryl methyl sites for hydroxylation is 2. The molecule has 0 bridgehead atoms. The number of carbonyl (C=O) groups excluding carboxylic acids is 1. The van der Waals surface area contributed by atoms with Crippen molar-refractivity contribution in [3.05, 3.63) is 59.2 Å². The third kappa shape index (κ3) is 4.57. The Morgan fingerprint density at radius 1 is 1.08 bits per heavy atom. The van der Waals surface area contributed by atoms with Crippen molar-refractivity contribution >= 4 is 5.91 Å². The first-order valence-electron chi connectivity index (χ1n) is 9.38. The molecular formula is C22H27NO3. The van der Waals surface area contributed by atoms with Crippen molar-refractivity contribution in [1.82, 2.24) is 5.32 Å². The van der Waals surface area contributed by atoms with E-state index in [1.165, 1.54) is 24.0 Å². The van der Waals surface area contributed by atoms with Crippen LogP contribution < -0.4 is 14.8 Å². The van der Waals surface area contributed by atoms with E-state index in [-0.39, 0.29) is 5.91 Å². The van der Waals surface area contributed by atoms with E-state index in [0.717, 1.165) is 29.9 Å². The lowest BCUT2D eigenvalue weighted by molar-refractivity contribution is -0.127. The highest BCUT2D eigenvalue weighted by atomic mass is 16.5. The van der Waals surface area contributed by atoms with Gasteiger partial charge in [0.05, 0.1) is 6.54 Å². The number of nitrogens with one attached hydrogen (secondary N) is 1. The van der Waals surface area contributed by atoms with E-state index in [2.05, 4.69) is 11.4 Å². The number of hydrogen-bond donors (Lipinski definition) is 1. The molecule has 1 amide bonds. The molecule has 0 saturated heterocycles. The Labute approximate surface area is 155 Å². The highest BCUT2D eigenvalue weighted by Crippen LogP contribution is 2.30. The van der Waals surface area contributed by atoms with Gasteiger partial charge in [0.15, 0.2) is 6.10 Å². The fourth-order valence-electron chi connectivity index (χ4n) is 3.30. The Kier molecular flexibility index (Phi) is 6.16. The molecule has 1 aliphatic carbocycles. The van der Waals surface area contributed by atoms with Crippen molar-refractivity contribution in [3.8, 4) is 11.5 Å². The van der Waals surface area contributed by atoms with E-state index < -0.39 is 6.10 Å². The van der Waals surface area contributed by atoms with Crippen LogP contribution in [-0.4, -0.2) is 25.2 Å². The van der Waals surface area contributed by atoms with Gasteiger partial charge in [-0.1, -0.05) is 30.3 Å². The van der Waals surface area contributed by atoms with Gasteiger partial charge in [-0.3, -0.25) is 4.79 Å². The molecule has 138 valence electrons. The maximum Gasteiger partial charge on any atom is 0.260 e. The summed E-state index contributed by atoms with van der Waals surface area (Å²) in [4.78, 5) is 12.3. The predicted molar refractivity (Wildman–Crippen MR) is 103 cm³/mol. The third-order valence-electron chi connectivity index (χ3n) is 4.78. The van der Waals surface area contributed by atoms with E-state index in [0.29, 0.717) is 13.2 Å². The Morgan fingerprint density at radius 2 is 1.85 bits per heavy atom. The number of para-hydroxylation sites is 1. The fraction of sp³-hybridized carbons (Fsp3) is 0.409. The molecule has 0 heterocycles. The van der Waals surface area contributed by atoms with Gasteiger partial charge in [0.25, 0.3) is 5.91 Å². The monoisotopic (exact) mass is 353 g/mol. The summed E-state index contributed by atoms with van der Waals surface area (Å²) in [5.74, 6) is 1.58. The number of rotatable bonds is 7. The van der Waals surface area contributed by atoms with E-state index in [1.807, 2.05) is 43.3 Å². The SMILES string of the molecule is Cc1ccccc1OCCNC(=O)[C@H](C)Oc1cccc2c1CCCC2. The number of benzene rings is 2. The summed E-state index contributed by atoms with van der Waals surface area (Å²) >= 11 is 0. The molecule has 3 rings (SSSR count). The first kappa shape index (κ1) is 18.3. The minimum absolute atomic E-state index is 0.119. The minimum atomic E-state index is -0.526. The van der Waals surface area contributed by atoms with Crippen molar-refractivity contribution in [2.24, 2.45) is 0 Å². The number of ether oxygens (including phenoxy) is 2. The van der Waals surface area contributed by atoms with E-state index in [4.69, 9.17) is 9.47 Å². The normalized spacial score (nSPS) is 14.2. The molecule has 0 aliphatic heterocycles. The average Bonchev–Trinajstić information content (AvgIpc) is 2.66. The fourth-order valence-corrected chi connectivity index (χ4v) is 3.30. The van der Waals surface area contributed by atoms with Gasteiger partial charge in [0.2, 0.25) is 0 Å². The maximum atomic E-state index is 12.3. The Morgan fingerprint density at radius 3 is 2.69 bits per heavy atom. The van der Waals surface area contributed by atoms with Gasteiger partial charge in [-0.25, -0.2) is 0 Å². The lowest BCUT2D eigenvalue weighted by Crippen LogP contribution is -2.38. The zero-order chi connectivity index (χ0) is 18.4. The quantitative estimate of drug-likeness (QED) is 0.770. The molecule has 0 saturated carbocycles. The topological polar surface area (TPSA) is 47.6 Å². The molecule has 1 atom stereocenters. The van der Waals surface area contributed by atoms with Crippen molar-refractivity contribution in [2.45, 2.75) is 45.6 Å². The molecule has 0 unspecified atom stereocenters. The molecular weight excluding hydrogens is 326 g/mol. The van der Waals surface area contributed by atoms with Crippen LogP contribution in [0, 0.1) is 6.92 Å². The molecule has 2 aromatic carbocycles. The summed E-state index contributed by atoms with van der Waals surface area (Å²) in [5, 5.41) is 2.88. The van der Waals surface area contributed by atoms with Gasteiger partial charge in [0.1, 0.15) is 18.1 Å². The second kappa shape index (κ2) is 8.75. The largest absolute Gasteiger partial charge is 0.491 e. The number of hydrogen-bond acceptors (Lipinski definition) is 3. The van der Waals surface area contributed by atoms with Crippen LogP contribution in [0.15, 0.2) is 42.5 Å². The summed E-state index contributed by atoms with van der Waals surface area (Å²) in [6, 6.07) is 14.0. The summed E-state index contributed by atoms with van der Waals surface area (Å²) in [6.07, 6.45) is 4.02. The van der Waals surface area contributed by atoms with Gasteiger partial charge in [-0.15, -0.1) is 0 Å². The van der Waals surface area contributed by atoms with Gasteiger partial charge >= 0.3 is 0 Å². The molecule has 0 radical (unpaired) electrons. The molecule has 4 heteroatoms.